The fourth-order valence-electron chi connectivity index (χ4n) is 6.04. The fourth-order valence-corrected chi connectivity index (χ4v) is 6.04. The third kappa shape index (κ3) is 1.96. The quantitative estimate of drug-likeness (QED) is 0.828. The van der Waals surface area contributed by atoms with Crippen LogP contribution in [0, 0.1) is 23.7 Å². The molecule has 23 heavy (non-hydrogen) atoms. The van der Waals surface area contributed by atoms with E-state index < -0.39 is 5.60 Å². The maximum absolute atomic E-state index is 11.9. The monoisotopic (exact) mass is 304 g/mol. The lowest BCUT2D eigenvalue weighted by Gasteiger charge is -2.59. The number of rotatable bonds is 2. The van der Waals surface area contributed by atoms with E-state index in [-0.39, 0.29) is 0 Å². The van der Waals surface area contributed by atoms with Gasteiger partial charge in [0.15, 0.2) is 0 Å². The molecule has 1 nitrogen and oxygen atoms in total. The topological polar surface area (TPSA) is 20.2 Å². The second-order valence-electron chi connectivity index (χ2n) is 8.04. The van der Waals surface area contributed by atoms with E-state index >= 15 is 0 Å². The van der Waals surface area contributed by atoms with Crippen molar-refractivity contribution in [2.75, 3.05) is 0 Å². The molecule has 0 unspecified atom stereocenters. The van der Waals surface area contributed by atoms with Gasteiger partial charge >= 0.3 is 0 Å². The Balaban J connectivity index is 1.65. The first-order valence-corrected chi connectivity index (χ1v) is 9.12. The van der Waals surface area contributed by atoms with Gasteiger partial charge in [0.2, 0.25) is 0 Å². The molecule has 2 aromatic carbocycles. The molecule has 0 radical (unpaired) electrons. The largest absolute Gasteiger partial charge is 0.385 e. The summed E-state index contributed by atoms with van der Waals surface area (Å²) in [6, 6.07) is 19.1. The lowest BCUT2D eigenvalue weighted by molar-refractivity contribution is -0.179. The van der Waals surface area contributed by atoms with Crippen LogP contribution < -0.4 is 0 Å². The third-order valence-corrected chi connectivity index (χ3v) is 6.83. The van der Waals surface area contributed by atoms with E-state index in [0.717, 1.165) is 11.8 Å². The lowest BCUT2D eigenvalue weighted by atomic mass is 9.48. The molecule has 0 atom stereocenters. The van der Waals surface area contributed by atoms with Gasteiger partial charge in [-0.05, 0) is 72.5 Å². The van der Waals surface area contributed by atoms with Gasteiger partial charge in [-0.3, -0.25) is 0 Å². The van der Waals surface area contributed by atoms with Gasteiger partial charge < -0.3 is 5.11 Å². The highest BCUT2D eigenvalue weighted by Crippen LogP contribution is 2.62. The Morgan fingerprint density at radius 1 is 0.696 bits per heavy atom. The van der Waals surface area contributed by atoms with Crippen LogP contribution in [0.25, 0.3) is 11.1 Å². The minimum Gasteiger partial charge on any atom is -0.385 e. The van der Waals surface area contributed by atoms with Gasteiger partial charge in [-0.15, -0.1) is 0 Å². The summed E-state index contributed by atoms with van der Waals surface area (Å²) >= 11 is 0. The molecule has 0 amide bonds. The highest BCUT2D eigenvalue weighted by molar-refractivity contribution is 5.68. The Morgan fingerprint density at radius 3 is 1.91 bits per heavy atom. The van der Waals surface area contributed by atoms with Crippen molar-refractivity contribution < 1.29 is 5.11 Å². The van der Waals surface area contributed by atoms with E-state index in [0.29, 0.717) is 11.8 Å². The zero-order valence-electron chi connectivity index (χ0n) is 13.5. The summed E-state index contributed by atoms with van der Waals surface area (Å²) in [5.74, 6) is 2.68. The first-order valence-electron chi connectivity index (χ1n) is 9.12. The minimum absolute atomic E-state index is 0.462. The summed E-state index contributed by atoms with van der Waals surface area (Å²) in [5.41, 5.74) is 3.02. The molecule has 0 aliphatic heterocycles. The van der Waals surface area contributed by atoms with Gasteiger partial charge in [0.25, 0.3) is 0 Å². The number of hydrogen-bond acceptors (Lipinski definition) is 1. The second-order valence-corrected chi connectivity index (χ2v) is 8.04. The van der Waals surface area contributed by atoms with Crippen LogP contribution >= 0.6 is 0 Å². The Labute approximate surface area is 138 Å². The van der Waals surface area contributed by atoms with Gasteiger partial charge in [0.1, 0.15) is 0 Å². The second kappa shape index (κ2) is 4.95. The summed E-state index contributed by atoms with van der Waals surface area (Å²) in [4.78, 5) is 0. The van der Waals surface area contributed by atoms with Gasteiger partial charge in [0, 0.05) is 0 Å². The highest BCUT2D eigenvalue weighted by atomic mass is 16.3. The molecule has 2 aromatic rings. The molecule has 4 fully saturated rings. The zero-order valence-corrected chi connectivity index (χ0v) is 13.5. The van der Waals surface area contributed by atoms with Crippen molar-refractivity contribution in [1.29, 1.82) is 0 Å². The summed E-state index contributed by atoms with van der Waals surface area (Å²) in [6.07, 6.45) is 6.34. The average molecular weight is 304 g/mol. The molecule has 1 N–H and O–H groups in total. The SMILES string of the molecule is OC1(c2ccccc2-c2ccccc2)C2CC3CC(C2)CC1C3. The normalized spacial score (nSPS) is 38.0. The van der Waals surface area contributed by atoms with E-state index in [9.17, 15) is 5.11 Å². The van der Waals surface area contributed by atoms with Crippen LogP contribution in [0.2, 0.25) is 0 Å². The first kappa shape index (κ1) is 13.8. The molecule has 4 saturated carbocycles. The maximum Gasteiger partial charge on any atom is 0.0958 e. The smallest absolute Gasteiger partial charge is 0.0958 e. The standard InChI is InChI=1S/C22H24O/c23-22(18-11-15-10-16(13-18)14-19(22)12-15)21-9-5-4-8-20(21)17-6-2-1-3-7-17/h1-9,15-16,18-19,23H,10-14H2. The Bertz CT molecular complexity index is 690. The van der Waals surface area contributed by atoms with E-state index in [1.54, 1.807) is 0 Å². The van der Waals surface area contributed by atoms with Crippen molar-refractivity contribution in [2.24, 2.45) is 23.7 Å². The van der Waals surface area contributed by atoms with Crippen LogP contribution in [0.4, 0.5) is 0 Å². The molecule has 4 aliphatic carbocycles. The van der Waals surface area contributed by atoms with E-state index in [4.69, 9.17) is 0 Å². The summed E-state index contributed by atoms with van der Waals surface area (Å²) < 4.78 is 0. The molecule has 1 heteroatoms. The Hall–Kier alpha value is -1.60. The van der Waals surface area contributed by atoms with Crippen molar-refractivity contribution in [3.8, 4) is 11.1 Å². The van der Waals surface area contributed by atoms with Gasteiger partial charge in [-0.2, -0.15) is 0 Å². The molecule has 4 aliphatic rings. The van der Waals surface area contributed by atoms with Crippen molar-refractivity contribution in [3.05, 3.63) is 60.2 Å². The molecule has 0 saturated heterocycles. The van der Waals surface area contributed by atoms with Crippen LogP contribution in [0.5, 0.6) is 0 Å². The zero-order chi connectivity index (χ0) is 15.4. The van der Waals surface area contributed by atoms with E-state index in [2.05, 4.69) is 54.6 Å². The minimum atomic E-state index is -0.611. The molecular weight excluding hydrogens is 280 g/mol. The summed E-state index contributed by atoms with van der Waals surface area (Å²) in [6.45, 7) is 0. The Kier molecular flexibility index (Phi) is 2.97. The molecule has 0 heterocycles. The van der Waals surface area contributed by atoms with Gasteiger partial charge in [0.05, 0.1) is 5.60 Å². The van der Waals surface area contributed by atoms with Crippen LogP contribution in [0.1, 0.15) is 37.7 Å². The van der Waals surface area contributed by atoms with Gasteiger partial charge in [-0.1, -0.05) is 54.6 Å². The number of benzene rings is 2. The van der Waals surface area contributed by atoms with Crippen LogP contribution in [-0.4, -0.2) is 5.11 Å². The summed E-state index contributed by atoms with van der Waals surface area (Å²) in [5, 5.41) is 11.9. The Morgan fingerprint density at radius 2 is 1.26 bits per heavy atom. The van der Waals surface area contributed by atoms with E-state index in [1.165, 1.54) is 48.8 Å². The summed E-state index contributed by atoms with van der Waals surface area (Å²) in [7, 11) is 0. The first-order chi connectivity index (χ1) is 11.2. The molecule has 0 spiro atoms. The molecule has 6 rings (SSSR count). The average Bonchev–Trinajstić information content (AvgIpc) is 2.60. The van der Waals surface area contributed by atoms with Crippen molar-refractivity contribution in [3.63, 3.8) is 0 Å². The van der Waals surface area contributed by atoms with Crippen molar-refractivity contribution >= 4 is 0 Å². The fraction of sp³-hybridized carbons (Fsp3) is 0.455. The lowest BCUT2D eigenvalue weighted by Crippen LogP contribution is -2.55. The predicted molar refractivity (Wildman–Crippen MR) is 92.8 cm³/mol. The van der Waals surface area contributed by atoms with Crippen LogP contribution in [0.15, 0.2) is 54.6 Å². The van der Waals surface area contributed by atoms with Crippen LogP contribution in [-0.2, 0) is 5.60 Å². The van der Waals surface area contributed by atoms with Gasteiger partial charge in [-0.25, -0.2) is 0 Å². The molecule has 4 bridgehead atoms. The molecule has 0 aromatic heterocycles. The maximum atomic E-state index is 11.9. The van der Waals surface area contributed by atoms with Crippen molar-refractivity contribution in [2.45, 2.75) is 37.7 Å². The predicted octanol–water partition coefficient (Wildman–Crippen LogP) is 5.00. The number of aliphatic hydroxyl groups is 1. The molecular formula is C22H24O. The molecule has 118 valence electrons. The van der Waals surface area contributed by atoms with Crippen molar-refractivity contribution in [1.82, 2.24) is 0 Å². The third-order valence-electron chi connectivity index (χ3n) is 6.83. The van der Waals surface area contributed by atoms with Crippen LogP contribution in [0.3, 0.4) is 0 Å². The van der Waals surface area contributed by atoms with E-state index in [1.807, 2.05) is 0 Å². The highest BCUT2D eigenvalue weighted by Gasteiger charge is 2.57. The number of hydrogen-bond donors (Lipinski definition) is 1.